The molecule has 0 radical (unpaired) electrons. The van der Waals surface area contributed by atoms with Crippen molar-refractivity contribution in [2.45, 2.75) is 39.0 Å². The summed E-state index contributed by atoms with van der Waals surface area (Å²) in [6, 6.07) is 17.4. The molecule has 0 fully saturated rings. The molecular formula is C25H26Cl2N2O2. The van der Waals surface area contributed by atoms with Crippen LogP contribution in [0.4, 0.5) is 0 Å². The molecular weight excluding hydrogens is 431 g/mol. The Morgan fingerprint density at radius 1 is 1.03 bits per heavy atom. The Balaban J connectivity index is 1.57. The number of hydrazone groups is 1. The molecule has 4 nitrogen and oxygen atoms in total. The molecule has 0 atom stereocenters. The summed E-state index contributed by atoms with van der Waals surface area (Å²) in [4.78, 5) is 12.3. The number of nitrogens with zero attached hydrogens (tertiary/aromatic N) is 1. The van der Waals surface area contributed by atoms with E-state index in [4.69, 9.17) is 27.9 Å². The molecule has 3 aromatic carbocycles. The van der Waals surface area contributed by atoms with Gasteiger partial charge in [0.15, 0.2) is 5.75 Å². The smallest absolute Gasteiger partial charge is 0.244 e. The van der Waals surface area contributed by atoms with Gasteiger partial charge in [-0.1, -0.05) is 91.9 Å². The Bertz CT molecular complexity index is 1040. The molecule has 162 valence electrons. The highest BCUT2D eigenvalue weighted by Gasteiger charge is 2.10. The van der Waals surface area contributed by atoms with Gasteiger partial charge >= 0.3 is 0 Å². The van der Waals surface area contributed by atoms with Crippen molar-refractivity contribution in [3.63, 3.8) is 0 Å². The van der Waals surface area contributed by atoms with Gasteiger partial charge < -0.3 is 4.74 Å². The van der Waals surface area contributed by atoms with Gasteiger partial charge in [-0.3, -0.25) is 4.79 Å². The molecule has 0 saturated carbocycles. The summed E-state index contributed by atoms with van der Waals surface area (Å²) in [5, 5.41) is 7.06. The molecule has 3 rings (SSSR count). The van der Waals surface area contributed by atoms with Gasteiger partial charge in [-0.25, -0.2) is 5.43 Å². The van der Waals surface area contributed by atoms with Crippen LogP contribution in [0, 0.1) is 0 Å². The zero-order valence-corrected chi connectivity index (χ0v) is 19.0. The first-order valence-electron chi connectivity index (χ1n) is 10.5. The number of hydrogen-bond acceptors (Lipinski definition) is 3. The van der Waals surface area contributed by atoms with Crippen molar-refractivity contribution in [2.24, 2.45) is 5.10 Å². The summed E-state index contributed by atoms with van der Waals surface area (Å²) >= 11 is 12.6. The summed E-state index contributed by atoms with van der Waals surface area (Å²) in [6.07, 6.45) is 6.21. The number of hydrogen-bond donors (Lipinski definition) is 1. The second-order valence-corrected chi connectivity index (χ2v) is 8.15. The Morgan fingerprint density at radius 2 is 1.77 bits per heavy atom. The average Bonchev–Trinajstić information content (AvgIpc) is 2.75. The number of halogens is 2. The second-order valence-electron chi connectivity index (χ2n) is 7.33. The van der Waals surface area contributed by atoms with E-state index < -0.39 is 0 Å². The minimum absolute atomic E-state index is 0.197. The van der Waals surface area contributed by atoms with Crippen molar-refractivity contribution in [3.8, 4) is 5.75 Å². The van der Waals surface area contributed by atoms with Gasteiger partial charge in [0, 0.05) is 0 Å². The van der Waals surface area contributed by atoms with Gasteiger partial charge in [0.05, 0.1) is 29.3 Å². The minimum atomic E-state index is -0.197. The number of rotatable bonds is 10. The molecule has 31 heavy (non-hydrogen) atoms. The van der Waals surface area contributed by atoms with Crippen molar-refractivity contribution < 1.29 is 9.53 Å². The number of fused-ring (bicyclic) bond motifs is 1. The second kappa shape index (κ2) is 11.7. The molecule has 1 amide bonds. The number of carbonyl (C=O) groups is 1. The van der Waals surface area contributed by atoms with Crippen LogP contribution in [0.5, 0.6) is 5.75 Å². The topological polar surface area (TPSA) is 50.7 Å². The normalized spacial score (nSPS) is 11.2. The number of nitrogens with one attached hydrogen (secondary N) is 1. The maximum absolute atomic E-state index is 12.3. The quantitative estimate of drug-likeness (QED) is 0.207. The molecule has 0 aromatic heterocycles. The van der Waals surface area contributed by atoms with Crippen molar-refractivity contribution in [1.82, 2.24) is 5.43 Å². The van der Waals surface area contributed by atoms with Crippen LogP contribution in [-0.4, -0.2) is 18.7 Å². The lowest BCUT2D eigenvalue weighted by Crippen LogP contribution is -2.19. The van der Waals surface area contributed by atoms with E-state index in [1.165, 1.54) is 19.1 Å². The monoisotopic (exact) mass is 456 g/mol. The van der Waals surface area contributed by atoms with E-state index in [1.807, 2.05) is 42.5 Å². The van der Waals surface area contributed by atoms with Crippen LogP contribution in [0.1, 0.15) is 43.7 Å². The molecule has 0 heterocycles. The van der Waals surface area contributed by atoms with Gasteiger partial charge in [-0.05, 0) is 40.5 Å². The van der Waals surface area contributed by atoms with Crippen molar-refractivity contribution in [3.05, 3.63) is 75.8 Å². The van der Waals surface area contributed by atoms with Crippen molar-refractivity contribution >= 4 is 46.1 Å². The Labute approximate surface area is 193 Å². The number of amides is 1. The summed E-state index contributed by atoms with van der Waals surface area (Å²) in [6.45, 7) is 2.75. The maximum Gasteiger partial charge on any atom is 0.244 e. The van der Waals surface area contributed by atoms with Gasteiger partial charge in [-0.15, -0.1) is 0 Å². The molecule has 0 aliphatic heterocycles. The third kappa shape index (κ3) is 6.71. The number of benzene rings is 3. The summed E-state index contributed by atoms with van der Waals surface area (Å²) in [5.74, 6) is 0.286. The zero-order chi connectivity index (χ0) is 22.1. The van der Waals surface area contributed by atoms with Crippen molar-refractivity contribution in [2.75, 3.05) is 6.61 Å². The summed E-state index contributed by atoms with van der Waals surface area (Å²) < 4.78 is 5.74. The molecule has 0 spiro atoms. The maximum atomic E-state index is 12.3. The summed E-state index contributed by atoms with van der Waals surface area (Å²) in [7, 11) is 0. The third-order valence-corrected chi connectivity index (χ3v) is 5.46. The SMILES string of the molecule is CCCCCCOc1c(Cl)cc(/C=N/NC(=O)Cc2cccc3ccccc23)cc1Cl. The first-order chi connectivity index (χ1) is 15.1. The van der Waals surface area contributed by atoms with Crippen LogP contribution in [0.2, 0.25) is 10.0 Å². The fraction of sp³-hybridized carbons (Fsp3) is 0.280. The Morgan fingerprint density at radius 3 is 2.55 bits per heavy atom. The average molecular weight is 457 g/mol. The molecule has 6 heteroatoms. The van der Waals surface area contributed by atoms with E-state index in [-0.39, 0.29) is 12.3 Å². The Hall–Kier alpha value is -2.56. The van der Waals surface area contributed by atoms with E-state index in [9.17, 15) is 4.79 Å². The fourth-order valence-electron chi connectivity index (χ4n) is 3.33. The molecule has 3 aromatic rings. The summed E-state index contributed by atoms with van der Waals surface area (Å²) in [5.41, 5.74) is 4.20. The number of carbonyl (C=O) groups excluding carboxylic acids is 1. The highest BCUT2D eigenvalue weighted by molar-refractivity contribution is 6.37. The van der Waals surface area contributed by atoms with Crippen molar-refractivity contribution in [1.29, 1.82) is 0 Å². The standard InChI is InChI=1S/C25H26Cl2N2O2/c1-2-3-4-7-13-31-25-22(26)14-18(15-23(25)27)17-28-29-24(30)16-20-11-8-10-19-9-5-6-12-21(19)20/h5-6,8-12,14-15,17H,2-4,7,13,16H2,1H3,(H,29,30)/b28-17+. The Kier molecular flexibility index (Phi) is 8.74. The number of unbranched alkanes of at least 4 members (excludes halogenated alkanes) is 3. The third-order valence-electron chi connectivity index (χ3n) is 4.90. The van der Waals surface area contributed by atoms with Gasteiger partial charge in [0.2, 0.25) is 5.91 Å². The van der Waals surface area contributed by atoms with Gasteiger partial charge in [0.25, 0.3) is 0 Å². The molecule has 0 aliphatic rings. The first kappa shape index (κ1) is 23.1. The van der Waals surface area contributed by atoms with Crippen LogP contribution in [-0.2, 0) is 11.2 Å². The van der Waals surface area contributed by atoms with Crippen LogP contribution in [0.3, 0.4) is 0 Å². The lowest BCUT2D eigenvalue weighted by atomic mass is 10.0. The highest BCUT2D eigenvalue weighted by atomic mass is 35.5. The van der Waals surface area contributed by atoms with Crippen LogP contribution >= 0.6 is 23.2 Å². The van der Waals surface area contributed by atoms with Crippen LogP contribution in [0.15, 0.2) is 59.7 Å². The van der Waals surface area contributed by atoms with E-state index in [0.29, 0.717) is 28.0 Å². The predicted molar refractivity (Wildman–Crippen MR) is 129 cm³/mol. The lowest BCUT2D eigenvalue weighted by Gasteiger charge is -2.10. The molecule has 0 unspecified atom stereocenters. The van der Waals surface area contributed by atoms with E-state index in [1.54, 1.807) is 12.1 Å². The van der Waals surface area contributed by atoms with E-state index in [2.05, 4.69) is 17.5 Å². The fourth-order valence-corrected chi connectivity index (χ4v) is 3.95. The lowest BCUT2D eigenvalue weighted by molar-refractivity contribution is -0.120. The minimum Gasteiger partial charge on any atom is -0.490 e. The van der Waals surface area contributed by atoms with E-state index in [0.717, 1.165) is 29.2 Å². The zero-order valence-electron chi connectivity index (χ0n) is 17.5. The molecule has 1 N–H and O–H groups in total. The predicted octanol–water partition coefficient (Wildman–Crippen LogP) is 6.80. The first-order valence-corrected chi connectivity index (χ1v) is 11.2. The largest absolute Gasteiger partial charge is 0.490 e. The highest BCUT2D eigenvalue weighted by Crippen LogP contribution is 2.34. The van der Waals surface area contributed by atoms with Gasteiger partial charge in [-0.2, -0.15) is 5.10 Å². The van der Waals surface area contributed by atoms with Crippen LogP contribution < -0.4 is 10.2 Å². The van der Waals surface area contributed by atoms with Crippen LogP contribution in [0.25, 0.3) is 10.8 Å². The molecule has 0 aliphatic carbocycles. The molecule has 0 saturated heterocycles. The van der Waals surface area contributed by atoms with E-state index >= 15 is 0 Å². The van der Waals surface area contributed by atoms with Gasteiger partial charge in [0.1, 0.15) is 0 Å². The number of ether oxygens (including phenoxy) is 1. The molecule has 0 bridgehead atoms.